The van der Waals surface area contributed by atoms with Crippen LogP contribution in [-0.2, 0) is 9.59 Å². The number of aromatic nitrogens is 2. The van der Waals surface area contributed by atoms with Crippen molar-refractivity contribution in [2.24, 2.45) is 0 Å². The zero-order valence-electron chi connectivity index (χ0n) is 15.1. The van der Waals surface area contributed by atoms with Gasteiger partial charge in [0.1, 0.15) is 11.6 Å². The number of aromatic amines is 1. The molecule has 3 aromatic rings. The predicted octanol–water partition coefficient (Wildman–Crippen LogP) is 2.95. The minimum absolute atomic E-state index is 0.113. The molecule has 0 aliphatic rings. The van der Waals surface area contributed by atoms with E-state index in [9.17, 15) is 14.0 Å². The van der Waals surface area contributed by atoms with Gasteiger partial charge in [-0.3, -0.25) is 9.59 Å². The zero-order valence-corrected chi connectivity index (χ0v) is 15.9. The lowest BCUT2D eigenvalue weighted by Gasteiger charge is -2.06. The summed E-state index contributed by atoms with van der Waals surface area (Å²) in [5.41, 5.74) is 2.07. The second kappa shape index (κ2) is 9.23. The van der Waals surface area contributed by atoms with Crippen LogP contribution in [0.2, 0.25) is 0 Å². The molecule has 28 heavy (non-hydrogen) atoms. The Labute approximate surface area is 165 Å². The molecule has 0 saturated carbocycles. The summed E-state index contributed by atoms with van der Waals surface area (Å²) in [7, 11) is 0. The van der Waals surface area contributed by atoms with Crippen LogP contribution in [0.25, 0.3) is 11.0 Å². The molecule has 0 unspecified atom stereocenters. The lowest BCUT2D eigenvalue weighted by Crippen LogP contribution is -2.33. The topological polar surface area (TPSA) is 96.1 Å². The largest absolute Gasteiger partial charge is 0.494 e. The summed E-state index contributed by atoms with van der Waals surface area (Å²) < 4.78 is 18.3. The maximum Gasteiger partial charge on any atom is 0.243 e. The van der Waals surface area contributed by atoms with Gasteiger partial charge in [0.2, 0.25) is 11.8 Å². The summed E-state index contributed by atoms with van der Waals surface area (Å²) in [6.45, 7) is 2.32. The molecule has 0 saturated heterocycles. The van der Waals surface area contributed by atoms with E-state index in [1.807, 2.05) is 25.1 Å². The first kappa shape index (κ1) is 19.7. The van der Waals surface area contributed by atoms with Gasteiger partial charge in [0.15, 0.2) is 5.16 Å². The fraction of sp³-hybridized carbons (Fsp3) is 0.211. The van der Waals surface area contributed by atoms with Crippen molar-refractivity contribution in [2.45, 2.75) is 12.1 Å². The molecule has 3 N–H and O–H groups in total. The Hall–Kier alpha value is -3.07. The Morgan fingerprint density at radius 1 is 1.18 bits per heavy atom. The maximum atomic E-state index is 12.8. The molecule has 146 valence electrons. The van der Waals surface area contributed by atoms with Gasteiger partial charge in [-0.15, -0.1) is 0 Å². The van der Waals surface area contributed by atoms with Gasteiger partial charge in [-0.2, -0.15) is 0 Å². The molecule has 0 bridgehead atoms. The van der Waals surface area contributed by atoms with Gasteiger partial charge in [-0.05, 0) is 43.3 Å². The number of benzene rings is 2. The summed E-state index contributed by atoms with van der Waals surface area (Å²) >= 11 is 1.24. The van der Waals surface area contributed by atoms with Crippen LogP contribution < -0.4 is 15.4 Å². The second-order valence-electron chi connectivity index (χ2n) is 5.77. The monoisotopic (exact) mass is 402 g/mol. The van der Waals surface area contributed by atoms with Crippen LogP contribution in [0.3, 0.4) is 0 Å². The van der Waals surface area contributed by atoms with Crippen LogP contribution in [0.5, 0.6) is 5.75 Å². The van der Waals surface area contributed by atoms with Crippen LogP contribution in [0, 0.1) is 5.82 Å². The number of nitrogens with one attached hydrogen (secondary N) is 3. The van der Waals surface area contributed by atoms with Gasteiger partial charge in [-0.25, -0.2) is 9.37 Å². The maximum absolute atomic E-state index is 12.8. The first-order valence-electron chi connectivity index (χ1n) is 8.61. The van der Waals surface area contributed by atoms with Gasteiger partial charge >= 0.3 is 0 Å². The molecule has 1 heterocycles. The first-order valence-corrected chi connectivity index (χ1v) is 9.59. The van der Waals surface area contributed by atoms with Crippen molar-refractivity contribution in [1.29, 1.82) is 0 Å². The number of thioether (sulfide) groups is 1. The third kappa shape index (κ3) is 5.46. The molecule has 0 aliphatic heterocycles. The number of carbonyl (C=O) groups is 2. The van der Waals surface area contributed by atoms with Crippen molar-refractivity contribution in [3.8, 4) is 5.75 Å². The van der Waals surface area contributed by atoms with Crippen LogP contribution in [0.1, 0.15) is 6.92 Å². The minimum Gasteiger partial charge on any atom is -0.494 e. The molecular weight excluding hydrogens is 383 g/mol. The number of H-pyrrole nitrogens is 1. The van der Waals surface area contributed by atoms with Crippen molar-refractivity contribution in [2.75, 3.05) is 24.2 Å². The number of amides is 2. The number of ether oxygens (including phenoxy) is 1. The highest BCUT2D eigenvalue weighted by atomic mass is 32.2. The molecule has 2 amide bonds. The number of fused-ring (bicyclic) bond motifs is 1. The normalized spacial score (nSPS) is 10.6. The van der Waals surface area contributed by atoms with E-state index in [-0.39, 0.29) is 24.0 Å². The van der Waals surface area contributed by atoms with E-state index in [1.165, 1.54) is 36.0 Å². The number of hydrogen-bond donors (Lipinski definition) is 3. The van der Waals surface area contributed by atoms with Gasteiger partial charge < -0.3 is 20.4 Å². The van der Waals surface area contributed by atoms with Crippen LogP contribution in [0.4, 0.5) is 10.1 Å². The van der Waals surface area contributed by atoms with Crippen molar-refractivity contribution in [1.82, 2.24) is 15.3 Å². The number of rotatable bonds is 8. The van der Waals surface area contributed by atoms with Gasteiger partial charge in [-0.1, -0.05) is 11.8 Å². The van der Waals surface area contributed by atoms with Gasteiger partial charge in [0.25, 0.3) is 0 Å². The summed E-state index contributed by atoms with van der Waals surface area (Å²) in [5, 5.41) is 5.72. The smallest absolute Gasteiger partial charge is 0.243 e. The fourth-order valence-corrected chi connectivity index (χ4v) is 3.11. The van der Waals surface area contributed by atoms with Crippen molar-refractivity contribution < 1.29 is 18.7 Å². The quantitative estimate of drug-likeness (QED) is 0.504. The molecule has 7 nitrogen and oxygen atoms in total. The van der Waals surface area contributed by atoms with E-state index in [1.54, 1.807) is 0 Å². The Kier molecular flexibility index (Phi) is 6.49. The number of halogens is 1. The Bertz CT molecular complexity index is 975. The lowest BCUT2D eigenvalue weighted by atomic mass is 10.3. The molecule has 0 radical (unpaired) electrons. The van der Waals surface area contributed by atoms with E-state index < -0.39 is 5.91 Å². The third-order valence-electron chi connectivity index (χ3n) is 3.66. The number of carbonyl (C=O) groups excluding carboxylic acids is 2. The second-order valence-corrected chi connectivity index (χ2v) is 6.74. The standard InChI is InChI=1S/C19H19FN4O3S/c1-2-27-14-7-8-15-16(9-14)24-19(23-15)28-11-18(26)21-10-17(25)22-13-5-3-12(20)4-6-13/h3-9H,2,10-11H2,1H3,(H,21,26)(H,22,25)(H,23,24). The number of hydrogen-bond acceptors (Lipinski definition) is 5. The van der Waals surface area contributed by atoms with E-state index in [2.05, 4.69) is 20.6 Å². The summed E-state index contributed by atoms with van der Waals surface area (Å²) in [4.78, 5) is 31.3. The molecule has 2 aromatic carbocycles. The highest BCUT2D eigenvalue weighted by Gasteiger charge is 2.10. The third-order valence-corrected chi connectivity index (χ3v) is 4.53. The zero-order chi connectivity index (χ0) is 19.9. The fourth-order valence-electron chi connectivity index (χ4n) is 2.39. The van der Waals surface area contributed by atoms with E-state index in [4.69, 9.17) is 4.74 Å². The van der Waals surface area contributed by atoms with E-state index >= 15 is 0 Å². The van der Waals surface area contributed by atoms with Crippen molar-refractivity contribution in [3.05, 3.63) is 48.3 Å². The van der Waals surface area contributed by atoms with Crippen LogP contribution in [0.15, 0.2) is 47.6 Å². The van der Waals surface area contributed by atoms with Gasteiger partial charge in [0, 0.05) is 11.8 Å². The molecule has 0 aliphatic carbocycles. The Morgan fingerprint density at radius 2 is 1.96 bits per heavy atom. The number of nitrogens with zero attached hydrogens (tertiary/aromatic N) is 1. The molecule has 0 atom stereocenters. The highest BCUT2D eigenvalue weighted by molar-refractivity contribution is 7.99. The van der Waals surface area contributed by atoms with Gasteiger partial charge in [0.05, 0.1) is 29.9 Å². The summed E-state index contributed by atoms with van der Waals surface area (Å²) in [6, 6.07) is 10.9. The van der Waals surface area contributed by atoms with Crippen molar-refractivity contribution >= 4 is 40.3 Å². The first-order chi connectivity index (χ1) is 13.5. The van der Waals surface area contributed by atoms with Crippen LogP contribution >= 0.6 is 11.8 Å². The molecule has 3 rings (SSSR count). The Balaban J connectivity index is 1.45. The molecule has 9 heteroatoms. The lowest BCUT2D eigenvalue weighted by molar-refractivity contribution is -0.122. The number of imidazole rings is 1. The highest BCUT2D eigenvalue weighted by Crippen LogP contribution is 2.23. The summed E-state index contributed by atoms with van der Waals surface area (Å²) in [5.74, 6) is -0.211. The SMILES string of the molecule is CCOc1ccc2nc(SCC(=O)NCC(=O)Nc3ccc(F)cc3)[nH]c2c1. The molecular formula is C19H19FN4O3S. The van der Waals surface area contributed by atoms with Crippen molar-refractivity contribution in [3.63, 3.8) is 0 Å². The van der Waals surface area contributed by atoms with E-state index in [0.29, 0.717) is 17.5 Å². The molecule has 0 fully saturated rings. The summed E-state index contributed by atoms with van der Waals surface area (Å²) in [6.07, 6.45) is 0. The molecule has 0 spiro atoms. The average molecular weight is 402 g/mol. The molecule has 1 aromatic heterocycles. The number of anilines is 1. The van der Waals surface area contributed by atoms with E-state index in [0.717, 1.165) is 16.8 Å². The predicted molar refractivity (Wildman–Crippen MR) is 106 cm³/mol. The average Bonchev–Trinajstić information content (AvgIpc) is 3.09. The van der Waals surface area contributed by atoms with Crippen LogP contribution in [-0.4, -0.2) is 40.7 Å². The minimum atomic E-state index is -0.392. The Morgan fingerprint density at radius 3 is 2.71 bits per heavy atom.